The highest BCUT2D eigenvalue weighted by Crippen LogP contribution is 2.33. The molecule has 0 saturated heterocycles. The fourth-order valence-corrected chi connectivity index (χ4v) is 3.48. The monoisotopic (exact) mass is 384 g/mol. The molecule has 0 spiro atoms. The maximum absolute atomic E-state index is 13.5. The molecule has 21 heavy (non-hydrogen) atoms. The van der Waals surface area contributed by atoms with Gasteiger partial charge in [-0.1, -0.05) is 11.6 Å². The summed E-state index contributed by atoms with van der Waals surface area (Å²) in [7, 11) is 0. The molecule has 1 aromatic carbocycles. The first-order chi connectivity index (χ1) is 10.1. The van der Waals surface area contributed by atoms with Crippen molar-refractivity contribution in [3.05, 3.63) is 56.0 Å². The molecule has 0 atom stereocenters. The van der Waals surface area contributed by atoms with Crippen molar-refractivity contribution in [1.29, 1.82) is 0 Å². The number of carbonyl (C=O) groups excluding carboxylic acids is 1. The van der Waals surface area contributed by atoms with E-state index in [-0.39, 0.29) is 5.02 Å². The molecule has 0 aliphatic heterocycles. The third-order valence-electron chi connectivity index (χ3n) is 2.91. The minimum atomic E-state index is -0.532. The molecule has 0 aliphatic rings. The van der Waals surface area contributed by atoms with Crippen molar-refractivity contribution < 1.29 is 9.18 Å². The van der Waals surface area contributed by atoms with Gasteiger partial charge in [0.2, 0.25) is 0 Å². The van der Waals surface area contributed by atoms with Crippen LogP contribution in [0.3, 0.4) is 0 Å². The first-order valence-corrected chi connectivity index (χ1v) is 7.94. The Labute approximate surface area is 137 Å². The zero-order valence-electron chi connectivity index (χ0n) is 10.4. The van der Waals surface area contributed by atoms with Crippen molar-refractivity contribution in [1.82, 2.24) is 9.78 Å². The van der Waals surface area contributed by atoms with Crippen molar-refractivity contribution in [2.45, 2.75) is 0 Å². The molecular weight excluding hydrogens is 379 g/mol. The van der Waals surface area contributed by atoms with Crippen LogP contribution in [-0.2, 0) is 0 Å². The predicted molar refractivity (Wildman–Crippen MR) is 84.9 cm³/mol. The number of aromatic nitrogens is 2. The summed E-state index contributed by atoms with van der Waals surface area (Å²) >= 11 is 10.6. The molecule has 0 aliphatic carbocycles. The van der Waals surface area contributed by atoms with Gasteiger partial charge < -0.3 is 0 Å². The van der Waals surface area contributed by atoms with E-state index >= 15 is 0 Å². The van der Waals surface area contributed by atoms with E-state index in [1.54, 1.807) is 12.3 Å². The van der Waals surface area contributed by atoms with Gasteiger partial charge in [-0.15, -0.1) is 0 Å². The summed E-state index contributed by atoms with van der Waals surface area (Å²) in [6.45, 7) is 0. The van der Waals surface area contributed by atoms with Gasteiger partial charge in [0, 0.05) is 33.1 Å². The van der Waals surface area contributed by atoms with E-state index in [1.807, 2.05) is 10.8 Å². The van der Waals surface area contributed by atoms with E-state index in [1.165, 1.54) is 28.2 Å². The highest BCUT2D eigenvalue weighted by atomic mass is 79.9. The number of carbonyl (C=O) groups is 1. The number of thiophene rings is 1. The SMILES string of the molecule is O=Cc1cn(-c2ccc(Cl)c(F)c2)nc1-c1cscc1Br. The van der Waals surface area contributed by atoms with Crippen LogP contribution in [0.5, 0.6) is 0 Å². The Hall–Kier alpha value is -1.50. The molecule has 2 aromatic heterocycles. The highest BCUT2D eigenvalue weighted by molar-refractivity contribution is 9.10. The van der Waals surface area contributed by atoms with E-state index in [0.29, 0.717) is 16.9 Å². The Bertz CT molecular complexity index is 830. The van der Waals surface area contributed by atoms with E-state index in [9.17, 15) is 9.18 Å². The molecule has 3 rings (SSSR count). The third kappa shape index (κ3) is 2.66. The molecule has 0 amide bonds. The Morgan fingerprint density at radius 1 is 1.38 bits per heavy atom. The van der Waals surface area contributed by atoms with Gasteiger partial charge >= 0.3 is 0 Å². The van der Waals surface area contributed by atoms with Crippen LogP contribution in [0, 0.1) is 5.82 Å². The maximum Gasteiger partial charge on any atom is 0.153 e. The van der Waals surface area contributed by atoms with Crippen molar-refractivity contribution >= 4 is 45.2 Å². The molecule has 3 aromatic rings. The number of benzene rings is 1. The summed E-state index contributed by atoms with van der Waals surface area (Å²) in [4.78, 5) is 11.2. The molecule has 0 saturated carbocycles. The molecule has 0 fully saturated rings. The smallest absolute Gasteiger partial charge is 0.153 e. The lowest BCUT2D eigenvalue weighted by Crippen LogP contribution is -1.95. The molecule has 0 radical (unpaired) electrons. The third-order valence-corrected chi connectivity index (χ3v) is 4.92. The molecule has 0 unspecified atom stereocenters. The normalized spacial score (nSPS) is 10.8. The largest absolute Gasteiger partial charge is 0.298 e. The van der Waals surface area contributed by atoms with Crippen molar-refractivity contribution in [3.63, 3.8) is 0 Å². The second-order valence-corrected chi connectivity index (χ2v) is 6.23. The average molecular weight is 386 g/mol. The Morgan fingerprint density at radius 2 is 2.19 bits per heavy atom. The Morgan fingerprint density at radius 3 is 2.81 bits per heavy atom. The standard InChI is InChI=1S/C14H7BrClFN2OS/c15-11-7-21-6-10(11)14-8(5-20)4-19(18-14)9-1-2-12(16)13(17)3-9/h1-7H. The minimum Gasteiger partial charge on any atom is -0.298 e. The number of aldehydes is 1. The molecule has 7 heteroatoms. The second kappa shape index (κ2) is 5.71. The van der Waals surface area contributed by atoms with Crippen LogP contribution in [0.2, 0.25) is 5.02 Å². The maximum atomic E-state index is 13.5. The highest BCUT2D eigenvalue weighted by Gasteiger charge is 2.15. The van der Waals surface area contributed by atoms with Gasteiger partial charge in [-0.25, -0.2) is 9.07 Å². The molecule has 0 bridgehead atoms. The quantitative estimate of drug-likeness (QED) is 0.597. The van der Waals surface area contributed by atoms with Crippen LogP contribution in [0.4, 0.5) is 4.39 Å². The average Bonchev–Trinajstić information content (AvgIpc) is 3.07. The van der Waals surface area contributed by atoms with E-state index < -0.39 is 5.82 Å². The topological polar surface area (TPSA) is 34.9 Å². The van der Waals surface area contributed by atoms with Crippen molar-refractivity contribution in [2.75, 3.05) is 0 Å². The number of rotatable bonds is 3. The summed E-state index contributed by atoms with van der Waals surface area (Å²) < 4.78 is 15.9. The molecular formula is C14H7BrClFN2OS. The number of hydrogen-bond donors (Lipinski definition) is 0. The lowest BCUT2D eigenvalue weighted by atomic mass is 10.2. The summed E-state index contributed by atoms with van der Waals surface area (Å²) in [5.74, 6) is -0.532. The van der Waals surface area contributed by atoms with Crippen LogP contribution in [0.1, 0.15) is 10.4 Å². The Kier molecular flexibility index (Phi) is 3.93. The van der Waals surface area contributed by atoms with Gasteiger partial charge in [0.15, 0.2) is 6.29 Å². The van der Waals surface area contributed by atoms with Gasteiger partial charge in [0.25, 0.3) is 0 Å². The first kappa shape index (κ1) is 14.4. The van der Waals surface area contributed by atoms with Crippen LogP contribution in [0.15, 0.2) is 39.6 Å². The van der Waals surface area contributed by atoms with Gasteiger partial charge in [-0.3, -0.25) is 4.79 Å². The number of nitrogens with zero attached hydrogens (tertiary/aromatic N) is 2. The van der Waals surface area contributed by atoms with Gasteiger partial charge in [-0.2, -0.15) is 16.4 Å². The summed E-state index contributed by atoms with van der Waals surface area (Å²) in [5, 5.41) is 8.22. The first-order valence-electron chi connectivity index (χ1n) is 5.82. The number of hydrogen-bond acceptors (Lipinski definition) is 3. The summed E-state index contributed by atoms with van der Waals surface area (Å²) in [5.41, 5.74) is 2.31. The van der Waals surface area contributed by atoms with E-state index in [0.717, 1.165) is 16.3 Å². The zero-order chi connectivity index (χ0) is 15.0. The Balaban J connectivity index is 2.13. The van der Waals surface area contributed by atoms with Crippen LogP contribution in [0.25, 0.3) is 16.9 Å². The van der Waals surface area contributed by atoms with E-state index in [4.69, 9.17) is 11.6 Å². The minimum absolute atomic E-state index is 0.0438. The van der Waals surface area contributed by atoms with Gasteiger partial charge in [0.05, 0.1) is 16.3 Å². The lowest BCUT2D eigenvalue weighted by Gasteiger charge is -2.02. The van der Waals surface area contributed by atoms with E-state index in [2.05, 4.69) is 21.0 Å². The van der Waals surface area contributed by atoms with Gasteiger partial charge in [0.1, 0.15) is 11.5 Å². The van der Waals surface area contributed by atoms with Crippen LogP contribution < -0.4 is 0 Å². The summed E-state index contributed by atoms with van der Waals surface area (Å²) in [6, 6.07) is 4.37. The molecule has 3 nitrogen and oxygen atoms in total. The predicted octanol–water partition coefficient (Wildman–Crippen LogP) is 4.97. The molecule has 0 N–H and O–H groups in total. The van der Waals surface area contributed by atoms with Gasteiger partial charge in [-0.05, 0) is 28.1 Å². The number of halogens is 3. The van der Waals surface area contributed by atoms with Crippen molar-refractivity contribution in [3.8, 4) is 16.9 Å². The molecule has 2 heterocycles. The van der Waals surface area contributed by atoms with Crippen LogP contribution in [-0.4, -0.2) is 16.1 Å². The fraction of sp³-hybridized carbons (Fsp3) is 0. The second-order valence-electron chi connectivity index (χ2n) is 4.23. The van der Waals surface area contributed by atoms with Crippen LogP contribution >= 0.6 is 38.9 Å². The fourth-order valence-electron chi connectivity index (χ4n) is 1.89. The molecule has 106 valence electrons. The zero-order valence-corrected chi connectivity index (χ0v) is 13.5. The van der Waals surface area contributed by atoms with Crippen molar-refractivity contribution in [2.24, 2.45) is 0 Å². The lowest BCUT2D eigenvalue weighted by molar-refractivity contribution is 0.112. The summed E-state index contributed by atoms with van der Waals surface area (Å²) in [6.07, 6.45) is 2.30.